The first-order valence-electron chi connectivity index (χ1n) is 12.4. The van der Waals surface area contributed by atoms with Crippen LogP contribution in [-0.4, -0.2) is 66.6 Å². The van der Waals surface area contributed by atoms with Gasteiger partial charge >= 0.3 is 29.6 Å². The molecule has 5 rings (SSSR count). The molecule has 3 heterocycles. The number of phenolic OH excluding ortho intramolecular Hbond substituents is 1. The van der Waals surface area contributed by atoms with Crippen molar-refractivity contribution >= 4 is 47.4 Å². The fourth-order valence-electron chi connectivity index (χ4n) is 4.87. The number of phenols is 1. The second-order valence-electron chi connectivity index (χ2n) is 9.53. The SMILES string of the molecule is CC(=O)N(Sc1ccccc1C)[C@@H]1C(=O)N2C(C(=O)[O-])=C(/C=C3\CCN(Cc4ccc(O)cc4)C3=O)CS[C@H]12.[Na+]. The van der Waals surface area contributed by atoms with E-state index >= 15 is 0 Å². The van der Waals surface area contributed by atoms with Gasteiger partial charge in [0.1, 0.15) is 11.1 Å². The number of carboxylic acids is 1. The van der Waals surface area contributed by atoms with Gasteiger partial charge in [-0.3, -0.25) is 23.6 Å². The molecule has 12 heteroatoms. The summed E-state index contributed by atoms with van der Waals surface area (Å²) in [6, 6.07) is 13.3. The average molecular weight is 588 g/mol. The summed E-state index contributed by atoms with van der Waals surface area (Å²) in [5, 5.41) is 21.1. The van der Waals surface area contributed by atoms with Crippen LogP contribution in [0.25, 0.3) is 0 Å². The first-order chi connectivity index (χ1) is 18.7. The Bertz CT molecular complexity index is 1430. The van der Waals surface area contributed by atoms with E-state index in [2.05, 4.69) is 0 Å². The zero-order chi connectivity index (χ0) is 27.8. The third-order valence-corrected chi connectivity index (χ3v) is 9.51. The fourth-order valence-corrected chi connectivity index (χ4v) is 7.31. The van der Waals surface area contributed by atoms with Crippen LogP contribution in [-0.2, 0) is 25.7 Å². The standard InChI is InChI=1S/C28H27N3O6S2.Na/c1-16-5-3-4-6-22(16)39-31(17(2)32)24-26(35)30-23(28(36)37)20(15-38-27(24)30)13-19-11-12-29(25(19)34)14-18-7-9-21(33)10-8-18;/h3-10,13,24,27,33H,11-12,14-15H2,1-2H3,(H,36,37);/q;+1/p-1/b19-13+;/t24-,27-;/m1./s1. The molecule has 0 saturated carbocycles. The number of carbonyl (C=O) groups excluding carboxylic acids is 4. The summed E-state index contributed by atoms with van der Waals surface area (Å²) in [7, 11) is 0. The van der Waals surface area contributed by atoms with Crippen LogP contribution in [0.1, 0.15) is 24.5 Å². The third-order valence-electron chi connectivity index (χ3n) is 6.89. The van der Waals surface area contributed by atoms with Crippen molar-refractivity contribution in [2.45, 2.75) is 43.1 Å². The topological polar surface area (TPSA) is 121 Å². The van der Waals surface area contributed by atoms with Gasteiger partial charge in [0.15, 0.2) is 6.04 Å². The number of amides is 3. The minimum atomic E-state index is -1.49. The molecule has 2 saturated heterocycles. The van der Waals surface area contributed by atoms with Gasteiger partial charge in [-0.25, -0.2) is 0 Å². The Morgan fingerprint density at radius 3 is 2.52 bits per heavy atom. The molecule has 2 fully saturated rings. The molecule has 0 aliphatic carbocycles. The maximum absolute atomic E-state index is 13.3. The summed E-state index contributed by atoms with van der Waals surface area (Å²) in [5.74, 6) is -2.10. The van der Waals surface area contributed by atoms with E-state index in [1.807, 2.05) is 31.2 Å². The van der Waals surface area contributed by atoms with E-state index in [9.17, 15) is 29.4 Å². The van der Waals surface area contributed by atoms with Gasteiger partial charge in [0.05, 0.1) is 11.7 Å². The Kier molecular flexibility index (Phi) is 9.41. The molecule has 3 aliphatic rings. The number of fused-ring (bicyclic) bond motifs is 1. The van der Waals surface area contributed by atoms with Crippen LogP contribution >= 0.6 is 23.7 Å². The third kappa shape index (κ3) is 5.84. The minimum Gasteiger partial charge on any atom is -0.543 e. The summed E-state index contributed by atoms with van der Waals surface area (Å²) >= 11 is 2.53. The molecule has 0 aromatic heterocycles. The van der Waals surface area contributed by atoms with Gasteiger partial charge in [0.25, 0.3) is 5.91 Å². The van der Waals surface area contributed by atoms with Crippen molar-refractivity contribution in [2.75, 3.05) is 12.3 Å². The van der Waals surface area contributed by atoms with Crippen molar-refractivity contribution in [1.82, 2.24) is 14.1 Å². The molecule has 0 unspecified atom stereocenters. The van der Waals surface area contributed by atoms with E-state index in [0.717, 1.165) is 16.0 Å². The molecule has 0 radical (unpaired) electrons. The number of carboxylic acid groups (broad SMARTS) is 1. The van der Waals surface area contributed by atoms with Crippen molar-refractivity contribution in [2.24, 2.45) is 0 Å². The minimum absolute atomic E-state index is 0. The molecule has 3 amide bonds. The van der Waals surface area contributed by atoms with Gasteiger partial charge < -0.3 is 19.9 Å². The monoisotopic (exact) mass is 587 g/mol. The molecule has 2 aromatic carbocycles. The molecule has 202 valence electrons. The van der Waals surface area contributed by atoms with Gasteiger partial charge in [-0.05, 0) is 66.3 Å². The van der Waals surface area contributed by atoms with Crippen molar-refractivity contribution in [1.29, 1.82) is 0 Å². The van der Waals surface area contributed by atoms with Gasteiger partial charge in [0.2, 0.25) is 11.8 Å². The largest absolute Gasteiger partial charge is 1.00 e. The van der Waals surface area contributed by atoms with E-state index in [4.69, 9.17) is 0 Å². The summed E-state index contributed by atoms with van der Waals surface area (Å²) in [4.78, 5) is 54.8. The van der Waals surface area contributed by atoms with Crippen LogP contribution in [0.4, 0.5) is 0 Å². The number of aliphatic carboxylic acids is 1. The van der Waals surface area contributed by atoms with Crippen LogP contribution < -0.4 is 34.7 Å². The normalized spacial score (nSPS) is 21.2. The number of hydrogen-bond acceptors (Lipinski definition) is 8. The quantitative estimate of drug-likeness (QED) is 0.194. The zero-order valence-corrected chi connectivity index (χ0v) is 26.0. The van der Waals surface area contributed by atoms with Crippen molar-refractivity contribution in [3.63, 3.8) is 0 Å². The Hall–Kier alpha value is -2.70. The van der Waals surface area contributed by atoms with E-state index < -0.39 is 23.3 Å². The molecule has 0 spiro atoms. The average Bonchev–Trinajstić information content (AvgIpc) is 3.24. The number of rotatable bonds is 7. The van der Waals surface area contributed by atoms with E-state index in [1.54, 1.807) is 35.2 Å². The van der Waals surface area contributed by atoms with E-state index in [1.165, 1.54) is 39.8 Å². The summed E-state index contributed by atoms with van der Waals surface area (Å²) in [6.07, 6.45) is 2.01. The maximum Gasteiger partial charge on any atom is 1.00 e. The van der Waals surface area contributed by atoms with Gasteiger partial charge in [-0.1, -0.05) is 30.3 Å². The number of hydrogen-bond donors (Lipinski definition) is 1. The number of nitrogens with zero attached hydrogens (tertiary/aromatic N) is 3. The summed E-state index contributed by atoms with van der Waals surface area (Å²) < 4.78 is 1.41. The molecule has 1 N–H and O–H groups in total. The molecule has 2 aromatic rings. The van der Waals surface area contributed by atoms with Crippen LogP contribution in [0.3, 0.4) is 0 Å². The Balaban J connectivity index is 0.00000370. The van der Waals surface area contributed by atoms with Gasteiger partial charge in [-0.2, -0.15) is 0 Å². The van der Waals surface area contributed by atoms with Crippen molar-refractivity contribution in [3.8, 4) is 5.75 Å². The van der Waals surface area contributed by atoms with Crippen LogP contribution in [0.5, 0.6) is 5.75 Å². The number of aromatic hydroxyl groups is 1. The Morgan fingerprint density at radius 2 is 1.88 bits per heavy atom. The Morgan fingerprint density at radius 1 is 1.18 bits per heavy atom. The number of thioether (sulfide) groups is 1. The van der Waals surface area contributed by atoms with Crippen LogP contribution in [0.2, 0.25) is 0 Å². The molecule has 2 atom stereocenters. The number of allylic oxidation sites excluding steroid dienone is 1. The molecular formula is C28H26N3NaO6S2. The molecule has 0 bridgehead atoms. The number of β-lactam (4-membered cyclic amide) rings is 1. The van der Waals surface area contributed by atoms with Crippen molar-refractivity contribution < 1.29 is 58.9 Å². The fraction of sp³-hybridized carbons (Fsp3) is 0.286. The predicted octanol–water partition coefficient (Wildman–Crippen LogP) is -0.793. The van der Waals surface area contributed by atoms with Crippen molar-refractivity contribution in [3.05, 3.63) is 82.6 Å². The maximum atomic E-state index is 13.3. The van der Waals surface area contributed by atoms with Gasteiger partial charge in [-0.15, -0.1) is 11.8 Å². The molecule has 3 aliphatic heterocycles. The zero-order valence-electron chi connectivity index (χ0n) is 22.3. The predicted molar refractivity (Wildman–Crippen MR) is 145 cm³/mol. The Labute approximate surface area is 262 Å². The van der Waals surface area contributed by atoms with E-state index in [-0.39, 0.29) is 58.6 Å². The number of likely N-dealkylation sites (tertiary alicyclic amines) is 1. The van der Waals surface area contributed by atoms with Gasteiger partial charge in [0, 0.05) is 36.2 Å². The second-order valence-corrected chi connectivity index (χ2v) is 11.7. The first kappa shape index (κ1) is 30.3. The second kappa shape index (κ2) is 12.4. The summed E-state index contributed by atoms with van der Waals surface area (Å²) in [5.41, 5.74) is 2.38. The number of carbonyl (C=O) groups is 4. The number of benzene rings is 2. The van der Waals surface area contributed by atoms with Crippen LogP contribution in [0, 0.1) is 6.92 Å². The smallest absolute Gasteiger partial charge is 0.543 e. The molecule has 40 heavy (non-hydrogen) atoms. The summed E-state index contributed by atoms with van der Waals surface area (Å²) in [6.45, 7) is 4.14. The first-order valence-corrected chi connectivity index (χ1v) is 14.2. The molecular weight excluding hydrogens is 561 g/mol. The van der Waals surface area contributed by atoms with E-state index in [0.29, 0.717) is 30.7 Å². The number of aryl methyl sites for hydroxylation is 1. The molecule has 9 nitrogen and oxygen atoms in total. The van der Waals surface area contributed by atoms with Crippen LogP contribution in [0.15, 0.2) is 76.3 Å².